The SMILES string of the molecule is CC(C)[C@H](C)/C=C\[C@@H](C)[C@H]1CC[C@H]2[C@@H]3CC=C4C[C@@H](O)CC[C@]4(C)[C@H]3CC[C@]12C. The van der Waals surface area contributed by atoms with Gasteiger partial charge in [0.05, 0.1) is 6.10 Å². The Morgan fingerprint density at radius 3 is 2.45 bits per heavy atom. The van der Waals surface area contributed by atoms with Crippen LogP contribution < -0.4 is 0 Å². The third-order valence-electron chi connectivity index (χ3n) is 10.6. The molecule has 1 N–H and O–H groups in total. The van der Waals surface area contributed by atoms with Gasteiger partial charge in [-0.25, -0.2) is 0 Å². The average molecular weight is 399 g/mol. The number of aliphatic hydroxyl groups excluding tert-OH is 1. The Morgan fingerprint density at radius 1 is 0.966 bits per heavy atom. The van der Waals surface area contributed by atoms with Gasteiger partial charge in [0.25, 0.3) is 0 Å². The van der Waals surface area contributed by atoms with Crippen LogP contribution in [0.25, 0.3) is 0 Å². The first-order valence-electron chi connectivity index (χ1n) is 12.7. The zero-order valence-electron chi connectivity index (χ0n) is 20.0. The molecule has 0 saturated heterocycles. The molecule has 4 aliphatic carbocycles. The number of fused-ring (bicyclic) bond motifs is 5. The van der Waals surface area contributed by atoms with E-state index < -0.39 is 0 Å². The molecule has 3 saturated carbocycles. The molecule has 3 fully saturated rings. The quantitative estimate of drug-likeness (QED) is 0.489. The van der Waals surface area contributed by atoms with Crippen LogP contribution in [-0.2, 0) is 0 Å². The second-order valence-electron chi connectivity index (χ2n) is 12.2. The second kappa shape index (κ2) is 7.85. The molecule has 4 rings (SSSR count). The summed E-state index contributed by atoms with van der Waals surface area (Å²) in [5.41, 5.74) is 2.51. The molecule has 0 aliphatic heterocycles. The van der Waals surface area contributed by atoms with E-state index in [1.807, 2.05) is 0 Å². The van der Waals surface area contributed by atoms with E-state index in [1.165, 1.54) is 38.5 Å². The molecule has 0 unspecified atom stereocenters. The van der Waals surface area contributed by atoms with Gasteiger partial charge in [-0.1, -0.05) is 65.3 Å². The summed E-state index contributed by atoms with van der Waals surface area (Å²) < 4.78 is 0. The van der Waals surface area contributed by atoms with Gasteiger partial charge in [-0.15, -0.1) is 0 Å². The number of hydrogen-bond donors (Lipinski definition) is 1. The van der Waals surface area contributed by atoms with Crippen LogP contribution in [0, 0.1) is 52.3 Å². The van der Waals surface area contributed by atoms with Crippen LogP contribution in [0.1, 0.15) is 92.9 Å². The van der Waals surface area contributed by atoms with Crippen LogP contribution in [0.3, 0.4) is 0 Å². The molecule has 0 spiro atoms. The molecule has 4 aliphatic rings. The number of allylic oxidation sites excluding steroid dienone is 3. The predicted octanol–water partition coefficient (Wildman–Crippen LogP) is 7.41. The Morgan fingerprint density at radius 2 is 1.72 bits per heavy atom. The molecule has 0 aromatic rings. The molecular weight excluding hydrogens is 352 g/mol. The van der Waals surface area contributed by atoms with E-state index >= 15 is 0 Å². The summed E-state index contributed by atoms with van der Waals surface area (Å²) in [5, 5.41) is 10.2. The van der Waals surface area contributed by atoms with E-state index in [-0.39, 0.29) is 6.10 Å². The maximum Gasteiger partial charge on any atom is 0.0577 e. The van der Waals surface area contributed by atoms with Crippen LogP contribution in [0.4, 0.5) is 0 Å². The van der Waals surface area contributed by atoms with Crippen LogP contribution in [0.5, 0.6) is 0 Å². The van der Waals surface area contributed by atoms with Crippen molar-refractivity contribution in [2.45, 2.75) is 99.0 Å². The Balaban J connectivity index is 1.53. The lowest BCUT2D eigenvalue weighted by atomic mass is 9.47. The van der Waals surface area contributed by atoms with Crippen molar-refractivity contribution in [2.75, 3.05) is 0 Å². The summed E-state index contributed by atoms with van der Waals surface area (Å²) in [5.74, 6) is 5.63. The Hall–Kier alpha value is -0.560. The van der Waals surface area contributed by atoms with E-state index in [0.29, 0.717) is 22.7 Å². The van der Waals surface area contributed by atoms with Gasteiger partial charge in [-0.05, 0) is 104 Å². The number of hydrogen-bond acceptors (Lipinski definition) is 1. The van der Waals surface area contributed by atoms with Gasteiger partial charge >= 0.3 is 0 Å². The van der Waals surface area contributed by atoms with Crippen LogP contribution >= 0.6 is 0 Å². The van der Waals surface area contributed by atoms with Gasteiger partial charge in [0.2, 0.25) is 0 Å². The Bertz CT molecular complexity index is 659. The minimum Gasteiger partial charge on any atom is -0.393 e. The van der Waals surface area contributed by atoms with E-state index in [1.54, 1.807) is 5.57 Å². The molecule has 0 radical (unpaired) electrons. The summed E-state index contributed by atoms with van der Waals surface area (Å²) in [6.45, 7) is 14.7. The van der Waals surface area contributed by atoms with Crippen molar-refractivity contribution in [3.63, 3.8) is 0 Å². The van der Waals surface area contributed by atoms with Crippen molar-refractivity contribution in [1.29, 1.82) is 0 Å². The lowest BCUT2D eigenvalue weighted by molar-refractivity contribution is -0.0540. The van der Waals surface area contributed by atoms with E-state index in [2.05, 4.69) is 59.8 Å². The van der Waals surface area contributed by atoms with Crippen molar-refractivity contribution >= 4 is 0 Å². The van der Waals surface area contributed by atoms with E-state index in [9.17, 15) is 5.11 Å². The smallest absolute Gasteiger partial charge is 0.0577 e. The van der Waals surface area contributed by atoms with Crippen LogP contribution in [-0.4, -0.2) is 11.2 Å². The molecule has 9 atom stereocenters. The largest absolute Gasteiger partial charge is 0.393 e. The average Bonchev–Trinajstić information content (AvgIpc) is 3.03. The minimum absolute atomic E-state index is 0.0866. The fourth-order valence-corrected chi connectivity index (χ4v) is 8.25. The zero-order chi connectivity index (χ0) is 21.0. The van der Waals surface area contributed by atoms with Gasteiger partial charge in [-0.2, -0.15) is 0 Å². The zero-order valence-corrected chi connectivity index (χ0v) is 20.0. The molecule has 0 aromatic heterocycles. The number of rotatable bonds is 4. The third kappa shape index (κ3) is 3.58. The second-order valence-corrected chi connectivity index (χ2v) is 12.2. The summed E-state index contributed by atoms with van der Waals surface area (Å²) in [6.07, 6.45) is 17.7. The normalized spacial score (nSPS) is 46.8. The summed E-state index contributed by atoms with van der Waals surface area (Å²) in [6, 6.07) is 0. The predicted molar refractivity (Wildman–Crippen MR) is 124 cm³/mol. The first-order chi connectivity index (χ1) is 13.7. The van der Waals surface area contributed by atoms with E-state index in [4.69, 9.17) is 0 Å². The summed E-state index contributed by atoms with van der Waals surface area (Å²) in [4.78, 5) is 0. The van der Waals surface area contributed by atoms with Crippen molar-refractivity contribution in [1.82, 2.24) is 0 Å². The fourth-order valence-electron chi connectivity index (χ4n) is 8.25. The maximum absolute atomic E-state index is 10.2. The van der Waals surface area contributed by atoms with Crippen molar-refractivity contribution < 1.29 is 5.11 Å². The Labute approximate surface area is 180 Å². The molecule has 1 heteroatoms. The highest BCUT2D eigenvalue weighted by atomic mass is 16.3. The highest BCUT2D eigenvalue weighted by Gasteiger charge is 2.58. The summed E-state index contributed by atoms with van der Waals surface area (Å²) in [7, 11) is 0. The fraction of sp³-hybridized carbons (Fsp3) is 0.857. The van der Waals surface area contributed by atoms with Crippen molar-refractivity contribution in [3.8, 4) is 0 Å². The molecule has 0 heterocycles. The molecule has 0 amide bonds. The molecule has 0 aromatic carbocycles. The van der Waals surface area contributed by atoms with Gasteiger partial charge in [0.15, 0.2) is 0 Å². The lowest BCUT2D eigenvalue weighted by Crippen LogP contribution is -2.50. The van der Waals surface area contributed by atoms with Gasteiger partial charge in [0, 0.05) is 0 Å². The first-order valence-corrected chi connectivity index (χ1v) is 12.7. The Kier molecular flexibility index (Phi) is 5.86. The van der Waals surface area contributed by atoms with Gasteiger partial charge in [-0.3, -0.25) is 0 Å². The standard InChI is InChI=1S/C28H46O/c1-18(2)19(3)7-8-20(4)24-11-12-25-23-10-9-21-17-22(29)13-15-27(21,5)26(23)14-16-28(24,25)6/h7-9,18-20,22-26,29H,10-17H2,1-6H3/b8-7-/t19-,20-,22+,23+,24-,25+,26+,27+,28-/m1/s1. The summed E-state index contributed by atoms with van der Waals surface area (Å²) >= 11 is 0. The lowest BCUT2D eigenvalue weighted by Gasteiger charge is -2.58. The topological polar surface area (TPSA) is 20.2 Å². The third-order valence-corrected chi connectivity index (χ3v) is 10.6. The van der Waals surface area contributed by atoms with Crippen molar-refractivity contribution in [2.24, 2.45) is 52.3 Å². The van der Waals surface area contributed by atoms with Crippen molar-refractivity contribution in [3.05, 3.63) is 23.8 Å². The monoisotopic (exact) mass is 398 g/mol. The molecule has 164 valence electrons. The minimum atomic E-state index is -0.0866. The van der Waals surface area contributed by atoms with E-state index in [0.717, 1.165) is 42.4 Å². The maximum atomic E-state index is 10.2. The van der Waals surface area contributed by atoms with Crippen LogP contribution in [0.2, 0.25) is 0 Å². The van der Waals surface area contributed by atoms with Gasteiger partial charge < -0.3 is 5.11 Å². The first kappa shape index (κ1) is 21.7. The number of aliphatic hydroxyl groups is 1. The molecule has 29 heavy (non-hydrogen) atoms. The molecule has 1 nitrogen and oxygen atoms in total. The highest BCUT2D eigenvalue weighted by molar-refractivity contribution is 5.25. The molecular formula is C28H46O. The molecule has 0 bridgehead atoms. The van der Waals surface area contributed by atoms with Crippen LogP contribution in [0.15, 0.2) is 23.8 Å². The highest BCUT2D eigenvalue weighted by Crippen LogP contribution is 2.67. The van der Waals surface area contributed by atoms with Gasteiger partial charge in [0.1, 0.15) is 0 Å².